The summed E-state index contributed by atoms with van der Waals surface area (Å²) in [4.78, 5) is 26.3. The zero-order valence-corrected chi connectivity index (χ0v) is 15.3. The Morgan fingerprint density at radius 3 is 2.71 bits per heavy atom. The molecule has 1 N–H and O–H groups in total. The van der Waals surface area contributed by atoms with Crippen molar-refractivity contribution < 1.29 is 19.1 Å². The van der Waals surface area contributed by atoms with E-state index in [2.05, 4.69) is 5.32 Å². The molecule has 0 radical (unpaired) electrons. The molecule has 1 aromatic rings. The number of hydrogen-bond acceptors (Lipinski definition) is 5. The van der Waals surface area contributed by atoms with Crippen LogP contribution in [0.3, 0.4) is 0 Å². The molecule has 2 saturated heterocycles. The second-order valence-corrected chi connectivity index (χ2v) is 7.85. The van der Waals surface area contributed by atoms with Gasteiger partial charge in [-0.25, -0.2) is 0 Å². The molecule has 0 saturated carbocycles. The molecule has 0 aromatic heterocycles. The lowest BCUT2D eigenvalue weighted by molar-refractivity contribution is -0.135. The van der Waals surface area contributed by atoms with Gasteiger partial charge in [0, 0.05) is 24.3 Å². The first-order chi connectivity index (χ1) is 11.4. The third-order valence-electron chi connectivity index (χ3n) is 4.48. The topological polar surface area (TPSA) is 67.9 Å². The number of anilines is 1. The molecule has 2 atom stereocenters. The van der Waals surface area contributed by atoms with E-state index >= 15 is 0 Å². The summed E-state index contributed by atoms with van der Waals surface area (Å²) in [7, 11) is 3.03. The Morgan fingerprint density at radius 1 is 1.38 bits per heavy atom. The number of nitrogens with zero attached hydrogens (tertiary/aromatic N) is 1. The fourth-order valence-corrected chi connectivity index (χ4v) is 4.81. The molecule has 130 valence electrons. The monoisotopic (exact) mass is 370 g/mol. The number of nitrogens with one attached hydrogen (secondary N) is 1. The maximum Gasteiger partial charge on any atom is 0.248 e. The summed E-state index contributed by atoms with van der Waals surface area (Å²) in [6.45, 7) is 2.01. The van der Waals surface area contributed by atoms with Crippen molar-refractivity contribution in [2.75, 3.05) is 25.3 Å². The van der Waals surface area contributed by atoms with E-state index in [9.17, 15) is 9.59 Å². The van der Waals surface area contributed by atoms with E-state index in [-0.39, 0.29) is 16.7 Å². The molecule has 2 aliphatic rings. The molecule has 8 heteroatoms. The van der Waals surface area contributed by atoms with Crippen LogP contribution in [0.5, 0.6) is 11.5 Å². The van der Waals surface area contributed by atoms with Gasteiger partial charge in [-0.15, -0.1) is 11.8 Å². The number of carbonyl (C=O) groups excluding carboxylic acids is 2. The Hall–Kier alpha value is -1.60. The summed E-state index contributed by atoms with van der Waals surface area (Å²) in [5, 5.41) is 3.16. The predicted molar refractivity (Wildman–Crippen MR) is 93.9 cm³/mol. The lowest BCUT2D eigenvalue weighted by Crippen LogP contribution is -2.48. The van der Waals surface area contributed by atoms with Crippen molar-refractivity contribution in [3.05, 3.63) is 17.2 Å². The van der Waals surface area contributed by atoms with Crippen LogP contribution >= 0.6 is 23.4 Å². The summed E-state index contributed by atoms with van der Waals surface area (Å²) in [5.41, 5.74) is 0.435. The number of hydrogen-bond donors (Lipinski definition) is 1. The van der Waals surface area contributed by atoms with Crippen molar-refractivity contribution in [1.82, 2.24) is 4.90 Å². The van der Waals surface area contributed by atoms with Gasteiger partial charge in [0.2, 0.25) is 11.8 Å². The highest BCUT2D eigenvalue weighted by atomic mass is 35.5. The second kappa shape index (κ2) is 6.37. The zero-order valence-electron chi connectivity index (χ0n) is 13.7. The second-order valence-electron chi connectivity index (χ2n) is 5.94. The first-order valence-corrected chi connectivity index (χ1v) is 8.94. The van der Waals surface area contributed by atoms with Gasteiger partial charge in [0.25, 0.3) is 0 Å². The largest absolute Gasteiger partial charge is 0.493 e. The Bertz CT molecular complexity index is 699. The molecule has 0 spiro atoms. The summed E-state index contributed by atoms with van der Waals surface area (Å²) >= 11 is 7.87. The molecule has 0 bridgehead atoms. The van der Waals surface area contributed by atoms with Crippen LogP contribution in [0.25, 0.3) is 0 Å². The van der Waals surface area contributed by atoms with Crippen LogP contribution in [0.2, 0.25) is 5.02 Å². The van der Waals surface area contributed by atoms with Gasteiger partial charge < -0.3 is 19.7 Å². The molecule has 2 aliphatic heterocycles. The van der Waals surface area contributed by atoms with Gasteiger partial charge in [0.1, 0.15) is 6.04 Å². The fraction of sp³-hybridized carbons (Fsp3) is 0.500. The number of methoxy groups -OCH3 is 2. The van der Waals surface area contributed by atoms with E-state index in [1.54, 1.807) is 28.8 Å². The zero-order chi connectivity index (χ0) is 17.5. The molecule has 24 heavy (non-hydrogen) atoms. The Morgan fingerprint density at radius 2 is 2.04 bits per heavy atom. The van der Waals surface area contributed by atoms with Gasteiger partial charge in [-0.05, 0) is 13.3 Å². The molecule has 1 aromatic carbocycles. The molecule has 2 amide bonds. The minimum absolute atomic E-state index is 0.0288. The standard InChI is InChI=1S/C16H19ClN2O4S/c1-16-5-4-14(20)19(16)11(8-24-16)15(21)18-10-7-13(23-3)12(22-2)6-9(10)17/h6-7,11H,4-5,8H2,1-3H3,(H,18,21). The third kappa shape index (κ3) is 2.80. The molecule has 6 nitrogen and oxygen atoms in total. The van der Waals surface area contributed by atoms with E-state index in [0.717, 1.165) is 6.42 Å². The third-order valence-corrected chi connectivity index (χ3v) is 6.30. The number of rotatable bonds is 4. The molecular weight excluding hydrogens is 352 g/mol. The minimum atomic E-state index is -0.487. The molecule has 2 heterocycles. The van der Waals surface area contributed by atoms with Gasteiger partial charge in [0.15, 0.2) is 11.5 Å². The average molecular weight is 371 g/mol. The Balaban J connectivity index is 1.82. The Labute approximate surface area is 149 Å². The molecule has 2 fully saturated rings. The summed E-state index contributed by atoms with van der Waals surface area (Å²) < 4.78 is 10.4. The van der Waals surface area contributed by atoms with Crippen molar-refractivity contribution in [2.24, 2.45) is 0 Å². The van der Waals surface area contributed by atoms with Gasteiger partial charge >= 0.3 is 0 Å². The molecule has 2 unspecified atom stereocenters. The molecule has 0 aliphatic carbocycles. The maximum atomic E-state index is 12.7. The number of ether oxygens (including phenoxy) is 2. The van der Waals surface area contributed by atoms with Crippen molar-refractivity contribution in [1.29, 1.82) is 0 Å². The van der Waals surface area contributed by atoms with Crippen LogP contribution in [-0.4, -0.2) is 47.6 Å². The first kappa shape index (κ1) is 17.2. The number of fused-ring (bicyclic) bond motifs is 1. The maximum absolute atomic E-state index is 12.7. The van der Waals surface area contributed by atoms with Crippen molar-refractivity contribution >= 4 is 40.9 Å². The van der Waals surface area contributed by atoms with Gasteiger partial charge in [0.05, 0.1) is 29.8 Å². The van der Waals surface area contributed by atoms with Gasteiger partial charge in [-0.3, -0.25) is 9.59 Å². The highest BCUT2D eigenvalue weighted by Crippen LogP contribution is 2.47. The van der Waals surface area contributed by atoms with Crippen LogP contribution in [0, 0.1) is 0 Å². The quantitative estimate of drug-likeness (QED) is 0.882. The summed E-state index contributed by atoms with van der Waals surface area (Å²) in [6.07, 6.45) is 1.27. The van der Waals surface area contributed by atoms with E-state index in [1.807, 2.05) is 6.92 Å². The van der Waals surface area contributed by atoms with Crippen LogP contribution < -0.4 is 14.8 Å². The smallest absolute Gasteiger partial charge is 0.248 e. The molecule has 3 rings (SSSR count). The Kier molecular flexibility index (Phi) is 4.57. The fourth-order valence-electron chi connectivity index (χ4n) is 3.18. The lowest BCUT2D eigenvalue weighted by Gasteiger charge is -2.30. The van der Waals surface area contributed by atoms with Crippen molar-refractivity contribution in [2.45, 2.75) is 30.7 Å². The van der Waals surface area contributed by atoms with E-state index in [4.69, 9.17) is 21.1 Å². The predicted octanol–water partition coefficient (Wildman–Crippen LogP) is 2.75. The number of thioether (sulfide) groups is 1. The lowest BCUT2D eigenvalue weighted by atomic mass is 10.2. The van der Waals surface area contributed by atoms with Crippen LogP contribution in [-0.2, 0) is 9.59 Å². The number of carbonyl (C=O) groups is 2. The van der Waals surface area contributed by atoms with Crippen LogP contribution in [0.4, 0.5) is 5.69 Å². The van der Waals surface area contributed by atoms with Gasteiger partial charge in [-0.2, -0.15) is 0 Å². The van der Waals surface area contributed by atoms with E-state index in [1.165, 1.54) is 14.2 Å². The van der Waals surface area contributed by atoms with Crippen LogP contribution in [0.1, 0.15) is 19.8 Å². The summed E-state index contributed by atoms with van der Waals surface area (Å²) in [6, 6.07) is 2.72. The van der Waals surface area contributed by atoms with Gasteiger partial charge in [-0.1, -0.05) is 11.6 Å². The highest BCUT2D eigenvalue weighted by Gasteiger charge is 2.52. The normalized spacial score (nSPS) is 25.6. The van der Waals surface area contributed by atoms with E-state index < -0.39 is 6.04 Å². The minimum Gasteiger partial charge on any atom is -0.493 e. The summed E-state index contributed by atoms with van der Waals surface area (Å²) in [5.74, 6) is 1.33. The van der Waals surface area contributed by atoms with E-state index in [0.29, 0.717) is 34.4 Å². The number of amides is 2. The van der Waals surface area contributed by atoms with Crippen molar-refractivity contribution in [3.63, 3.8) is 0 Å². The van der Waals surface area contributed by atoms with Crippen molar-refractivity contribution in [3.8, 4) is 11.5 Å². The SMILES string of the molecule is COc1cc(Cl)c(NC(=O)C2CSC3(C)CCC(=O)N23)cc1OC. The first-order valence-electron chi connectivity index (χ1n) is 7.58. The number of benzene rings is 1. The highest BCUT2D eigenvalue weighted by molar-refractivity contribution is 8.01. The van der Waals surface area contributed by atoms with Crippen LogP contribution in [0.15, 0.2) is 12.1 Å². The number of halogens is 1. The average Bonchev–Trinajstić information content (AvgIpc) is 3.05. The molecular formula is C16H19ClN2O4S.